The van der Waals surface area contributed by atoms with Gasteiger partial charge in [0, 0.05) is 19.1 Å². The van der Waals surface area contributed by atoms with E-state index in [0.29, 0.717) is 24.8 Å². The Morgan fingerprint density at radius 1 is 1.22 bits per heavy atom. The van der Waals surface area contributed by atoms with Gasteiger partial charge in [0.1, 0.15) is 0 Å². The number of nitrogens with two attached hydrogens (primary N) is 1. The molecule has 0 radical (unpaired) electrons. The minimum Gasteiger partial charge on any atom is -0.396 e. The van der Waals surface area contributed by atoms with Gasteiger partial charge in [-0.2, -0.15) is 0 Å². The predicted molar refractivity (Wildman–Crippen MR) is 75.1 cm³/mol. The smallest absolute Gasteiger partial charge is 0.220 e. The fourth-order valence-electron chi connectivity index (χ4n) is 1.97. The molecule has 3 unspecified atom stereocenters. The Labute approximate surface area is 111 Å². The van der Waals surface area contributed by atoms with E-state index >= 15 is 0 Å². The number of carbonyl (C=O) groups is 1. The average Bonchev–Trinajstić information content (AvgIpc) is 2.32. The molecule has 0 aromatic carbocycles. The zero-order valence-corrected chi connectivity index (χ0v) is 12.3. The van der Waals surface area contributed by atoms with Crippen LogP contribution in [-0.2, 0) is 4.79 Å². The van der Waals surface area contributed by atoms with Crippen molar-refractivity contribution in [2.75, 3.05) is 13.2 Å². The van der Waals surface area contributed by atoms with Gasteiger partial charge in [-0.1, -0.05) is 20.8 Å². The summed E-state index contributed by atoms with van der Waals surface area (Å²) in [5.74, 6) is 1.26. The first-order valence-corrected chi connectivity index (χ1v) is 7.02. The second-order valence-electron chi connectivity index (χ2n) is 5.64. The molecule has 3 atom stereocenters. The molecule has 18 heavy (non-hydrogen) atoms. The fourth-order valence-corrected chi connectivity index (χ4v) is 1.97. The highest BCUT2D eigenvalue weighted by Crippen LogP contribution is 2.20. The summed E-state index contributed by atoms with van der Waals surface area (Å²) in [7, 11) is 0. The second kappa shape index (κ2) is 9.34. The van der Waals surface area contributed by atoms with Crippen LogP contribution in [0.4, 0.5) is 0 Å². The molecule has 0 rings (SSSR count). The van der Waals surface area contributed by atoms with Crippen LogP contribution in [0.2, 0.25) is 0 Å². The molecule has 0 heterocycles. The highest BCUT2D eigenvalue weighted by atomic mass is 16.3. The largest absolute Gasteiger partial charge is 0.396 e. The molecular weight excluding hydrogens is 228 g/mol. The first-order chi connectivity index (χ1) is 8.42. The SMILES string of the molecule is CC(C)C(CCN)CCC(=O)NC(C)C(C)CO. The van der Waals surface area contributed by atoms with Crippen LogP contribution in [-0.4, -0.2) is 30.2 Å². The fraction of sp³-hybridized carbons (Fsp3) is 0.929. The average molecular weight is 258 g/mol. The lowest BCUT2D eigenvalue weighted by Gasteiger charge is -2.22. The Hall–Kier alpha value is -0.610. The molecule has 4 nitrogen and oxygen atoms in total. The quantitative estimate of drug-likeness (QED) is 0.587. The minimum absolute atomic E-state index is 0.0227. The Bertz CT molecular complexity index is 232. The number of nitrogens with one attached hydrogen (secondary N) is 1. The number of aliphatic hydroxyl groups excluding tert-OH is 1. The molecule has 0 saturated heterocycles. The summed E-state index contributed by atoms with van der Waals surface area (Å²) in [4.78, 5) is 11.8. The number of aliphatic hydroxyl groups is 1. The van der Waals surface area contributed by atoms with E-state index in [1.54, 1.807) is 0 Å². The van der Waals surface area contributed by atoms with Gasteiger partial charge in [0.15, 0.2) is 0 Å². The van der Waals surface area contributed by atoms with Crippen LogP contribution in [0.25, 0.3) is 0 Å². The van der Waals surface area contributed by atoms with Crippen LogP contribution >= 0.6 is 0 Å². The van der Waals surface area contributed by atoms with Crippen LogP contribution in [0.3, 0.4) is 0 Å². The summed E-state index contributed by atoms with van der Waals surface area (Å²) in [6.07, 6.45) is 2.42. The first-order valence-electron chi connectivity index (χ1n) is 7.02. The molecule has 0 aromatic rings. The third kappa shape index (κ3) is 6.97. The first kappa shape index (κ1) is 17.4. The molecule has 0 spiro atoms. The molecule has 0 aliphatic carbocycles. The number of carbonyl (C=O) groups excluding carboxylic acids is 1. The molecular formula is C14H30N2O2. The van der Waals surface area contributed by atoms with Crippen LogP contribution in [0.1, 0.15) is 47.0 Å². The van der Waals surface area contributed by atoms with Crippen molar-refractivity contribution in [1.82, 2.24) is 5.32 Å². The zero-order valence-electron chi connectivity index (χ0n) is 12.3. The highest BCUT2D eigenvalue weighted by molar-refractivity contribution is 5.76. The summed E-state index contributed by atoms with van der Waals surface area (Å²) in [5, 5.41) is 12.0. The van der Waals surface area contributed by atoms with Gasteiger partial charge < -0.3 is 16.2 Å². The van der Waals surface area contributed by atoms with Crippen molar-refractivity contribution in [2.45, 2.75) is 53.0 Å². The summed E-state index contributed by atoms with van der Waals surface area (Å²) < 4.78 is 0. The molecule has 0 aliphatic rings. The highest BCUT2D eigenvalue weighted by Gasteiger charge is 2.17. The van der Waals surface area contributed by atoms with E-state index in [9.17, 15) is 4.79 Å². The van der Waals surface area contributed by atoms with E-state index in [1.807, 2.05) is 13.8 Å². The normalized spacial score (nSPS) is 16.4. The maximum absolute atomic E-state index is 11.8. The monoisotopic (exact) mass is 258 g/mol. The van der Waals surface area contributed by atoms with E-state index in [4.69, 9.17) is 10.8 Å². The Kier molecular flexibility index (Phi) is 9.02. The third-order valence-corrected chi connectivity index (χ3v) is 3.75. The van der Waals surface area contributed by atoms with Gasteiger partial charge in [0.25, 0.3) is 0 Å². The maximum Gasteiger partial charge on any atom is 0.220 e. The summed E-state index contributed by atoms with van der Waals surface area (Å²) in [6.45, 7) is 8.99. The lowest BCUT2D eigenvalue weighted by molar-refractivity contribution is -0.122. The third-order valence-electron chi connectivity index (χ3n) is 3.75. The van der Waals surface area contributed by atoms with E-state index in [1.165, 1.54) is 0 Å². The van der Waals surface area contributed by atoms with Gasteiger partial charge in [-0.25, -0.2) is 0 Å². The summed E-state index contributed by atoms with van der Waals surface area (Å²) >= 11 is 0. The van der Waals surface area contributed by atoms with Crippen molar-refractivity contribution in [2.24, 2.45) is 23.5 Å². The molecule has 4 heteroatoms. The van der Waals surface area contributed by atoms with Gasteiger partial charge in [0.2, 0.25) is 5.91 Å². The van der Waals surface area contributed by atoms with Gasteiger partial charge in [-0.15, -0.1) is 0 Å². The topological polar surface area (TPSA) is 75.4 Å². The van der Waals surface area contributed by atoms with Gasteiger partial charge in [0.05, 0.1) is 0 Å². The number of amides is 1. The molecule has 0 aromatic heterocycles. The second-order valence-corrected chi connectivity index (χ2v) is 5.64. The van der Waals surface area contributed by atoms with Crippen LogP contribution in [0.15, 0.2) is 0 Å². The van der Waals surface area contributed by atoms with Crippen molar-refractivity contribution >= 4 is 5.91 Å². The van der Waals surface area contributed by atoms with Crippen molar-refractivity contribution in [3.05, 3.63) is 0 Å². The molecule has 0 aliphatic heterocycles. The lowest BCUT2D eigenvalue weighted by Crippen LogP contribution is -2.38. The van der Waals surface area contributed by atoms with E-state index in [2.05, 4.69) is 19.2 Å². The van der Waals surface area contributed by atoms with E-state index < -0.39 is 0 Å². The van der Waals surface area contributed by atoms with Crippen molar-refractivity contribution in [3.63, 3.8) is 0 Å². The van der Waals surface area contributed by atoms with E-state index in [0.717, 1.165) is 12.8 Å². The maximum atomic E-state index is 11.8. The minimum atomic E-state index is 0.0227. The number of hydrogen-bond donors (Lipinski definition) is 3. The lowest BCUT2D eigenvalue weighted by atomic mass is 9.88. The molecule has 0 saturated carbocycles. The van der Waals surface area contributed by atoms with Crippen molar-refractivity contribution in [1.29, 1.82) is 0 Å². The zero-order chi connectivity index (χ0) is 14.1. The molecule has 4 N–H and O–H groups in total. The van der Waals surface area contributed by atoms with Gasteiger partial charge in [-0.05, 0) is 44.1 Å². The number of rotatable bonds is 9. The Balaban J connectivity index is 4.01. The Morgan fingerprint density at radius 2 is 1.83 bits per heavy atom. The standard InChI is InChI=1S/C14H30N2O2/c1-10(2)13(7-8-15)5-6-14(18)16-12(4)11(3)9-17/h10-13,17H,5-9,15H2,1-4H3,(H,16,18). The summed E-state index contributed by atoms with van der Waals surface area (Å²) in [6, 6.07) is 0.0227. The summed E-state index contributed by atoms with van der Waals surface area (Å²) in [5.41, 5.74) is 5.58. The van der Waals surface area contributed by atoms with Crippen molar-refractivity contribution in [3.8, 4) is 0 Å². The van der Waals surface area contributed by atoms with Crippen LogP contribution in [0.5, 0.6) is 0 Å². The number of hydrogen-bond acceptors (Lipinski definition) is 3. The molecule has 108 valence electrons. The molecule has 1 amide bonds. The van der Waals surface area contributed by atoms with E-state index in [-0.39, 0.29) is 24.5 Å². The van der Waals surface area contributed by atoms with Crippen LogP contribution in [0, 0.1) is 17.8 Å². The Morgan fingerprint density at radius 3 is 2.28 bits per heavy atom. The van der Waals surface area contributed by atoms with Gasteiger partial charge in [-0.3, -0.25) is 4.79 Å². The molecule has 0 fully saturated rings. The molecule has 0 bridgehead atoms. The van der Waals surface area contributed by atoms with Crippen molar-refractivity contribution < 1.29 is 9.90 Å². The van der Waals surface area contributed by atoms with Gasteiger partial charge >= 0.3 is 0 Å². The predicted octanol–water partition coefficient (Wildman–Crippen LogP) is 1.52. The van der Waals surface area contributed by atoms with Crippen LogP contribution < -0.4 is 11.1 Å².